The van der Waals surface area contributed by atoms with E-state index < -0.39 is 5.91 Å². The Morgan fingerprint density at radius 2 is 1.60 bits per heavy atom. The molecule has 6 heteroatoms. The number of benzene rings is 1. The lowest BCUT2D eigenvalue weighted by molar-refractivity contribution is -0.143. The fraction of sp³-hybridized carbons (Fsp3) is 0.368. The zero-order valence-electron chi connectivity index (χ0n) is 13.8. The van der Waals surface area contributed by atoms with Crippen molar-refractivity contribution in [2.45, 2.75) is 13.3 Å². The van der Waals surface area contributed by atoms with Crippen LogP contribution in [0.15, 0.2) is 36.4 Å². The molecule has 4 unspecified atom stereocenters. The highest BCUT2D eigenvalue weighted by atomic mass is 16.2. The number of hydrogen-bond acceptors (Lipinski definition) is 4. The molecule has 1 aliphatic heterocycles. The highest BCUT2D eigenvalue weighted by Crippen LogP contribution is 2.52. The minimum absolute atomic E-state index is 0.0547. The van der Waals surface area contributed by atoms with E-state index in [-0.39, 0.29) is 47.8 Å². The van der Waals surface area contributed by atoms with Gasteiger partial charge in [-0.15, -0.1) is 0 Å². The minimum atomic E-state index is -0.419. The summed E-state index contributed by atoms with van der Waals surface area (Å²) >= 11 is 0. The molecule has 1 N–H and O–H groups in total. The Morgan fingerprint density at radius 3 is 2.12 bits per heavy atom. The van der Waals surface area contributed by atoms with Gasteiger partial charge >= 0.3 is 0 Å². The number of fused-ring (bicyclic) bond motifs is 5. The Morgan fingerprint density at radius 1 is 1.04 bits per heavy atom. The zero-order chi connectivity index (χ0) is 17.7. The summed E-state index contributed by atoms with van der Waals surface area (Å²) in [5.41, 5.74) is 1.08. The Bertz CT molecular complexity index is 781. The lowest BCUT2D eigenvalue weighted by atomic mass is 9.85. The van der Waals surface area contributed by atoms with Gasteiger partial charge in [-0.25, -0.2) is 0 Å². The predicted octanol–water partition coefficient (Wildman–Crippen LogP) is 1.63. The summed E-state index contributed by atoms with van der Waals surface area (Å²) in [4.78, 5) is 49.7. The van der Waals surface area contributed by atoms with Crippen LogP contribution in [0.5, 0.6) is 0 Å². The van der Waals surface area contributed by atoms with Crippen molar-refractivity contribution in [2.75, 3.05) is 11.9 Å². The Kier molecular flexibility index (Phi) is 3.56. The van der Waals surface area contributed by atoms with Gasteiger partial charge in [0.05, 0.1) is 11.8 Å². The molecule has 1 aromatic carbocycles. The minimum Gasteiger partial charge on any atom is -0.325 e. The van der Waals surface area contributed by atoms with Gasteiger partial charge in [-0.2, -0.15) is 0 Å². The van der Waals surface area contributed by atoms with Crippen molar-refractivity contribution in [2.24, 2.45) is 23.7 Å². The van der Waals surface area contributed by atoms with Crippen molar-refractivity contribution in [3.8, 4) is 0 Å². The number of Topliss-reactive ketones (excluding diaryl/α,β-unsaturated/α-hetero) is 1. The summed E-state index contributed by atoms with van der Waals surface area (Å²) in [6, 6.07) is 6.50. The smallest absolute Gasteiger partial charge is 0.244 e. The first-order chi connectivity index (χ1) is 12.0. The first-order valence-electron chi connectivity index (χ1n) is 8.40. The monoisotopic (exact) mass is 338 g/mol. The van der Waals surface area contributed by atoms with Gasteiger partial charge in [0.25, 0.3) is 0 Å². The van der Waals surface area contributed by atoms with Gasteiger partial charge in [0.15, 0.2) is 5.78 Å². The second kappa shape index (κ2) is 5.65. The molecular weight excluding hydrogens is 320 g/mol. The predicted molar refractivity (Wildman–Crippen MR) is 89.5 cm³/mol. The summed E-state index contributed by atoms with van der Waals surface area (Å²) in [5.74, 6) is -1.23. The maximum atomic E-state index is 12.5. The van der Waals surface area contributed by atoms with Crippen LogP contribution >= 0.6 is 0 Å². The second-order valence-corrected chi connectivity index (χ2v) is 6.94. The summed E-state index contributed by atoms with van der Waals surface area (Å²) in [7, 11) is 0. The van der Waals surface area contributed by atoms with Crippen LogP contribution in [0.1, 0.15) is 23.7 Å². The second-order valence-electron chi connectivity index (χ2n) is 6.94. The van der Waals surface area contributed by atoms with Crippen LogP contribution < -0.4 is 5.32 Å². The fourth-order valence-corrected chi connectivity index (χ4v) is 4.25. The van der Waals surface area contributed by atoms with Crippen molar-refractivity contribution in [3.05, 3.63) is 42.0 Å². The van der Waals surface area contributed by atoms with Crippen LogP contribution in [0, 0.1) is 23.7 Å². The lowest BCUT2D eigenvalue weighted by Crippen LogP contribution is -2.39. The number of nitrogens with zero attached hydrogens (tertiary/aromatic N) is 1. The van der Waals surface area contributed by atoms with E-state index in [1.54, 1.807) is 24.3 Å². The van der Waals surface area contributed by atoms with Gasteiger partial charge in [0.2, 0.25) is 17.7 Å². The van der Waals surface area contributed by atoms with E-state index in [0.717, 1.165) is 11.3 Å². The standard InChI is InChI=1S/C19H18N2O4/c1-10(22)11-4-6-14(7-5-11)20-15(23)9-21-18(24)16-12-2-3-13(8-12)17(16)19(21)25/h2-7,12-13,16-17H,8-9H2,1H3,(H,20,23). The molecule has 2 fully saturated rings. The summed E-state index contributed by atoms with van der Waals surface area (Å²) in [5, 5.41) is 2.67. The summed E-state index contributed by atoms with van der Waals surface area (Å²) < 4.78 is 0. The molecule has 1 saturated heterocycles. The van der Waals surface area contributed by atoms with Crippen molar-refractivity contribution < 1.29 is 19.2 Å². The molecule has 4 atom stereocenters. The molecule has 0 spiro atoms. The van der Waals surface area contributed by atoms with Gasteiger partial charge in [-0.1, -0.05) is 12.2 Å². The molecular formula is C19H18N2O4. The van der Waals surface area contributed by atoms with E-state index in [4.69, 9.17) is 0 Å². The van der Waals surface area contributed by atoms with Crippen LogP contribution in [0.3, 0.4) is 0 Å². The van der Waals surface area contributed by atoms with E-state index in [2.05, 4.69) is 5.32 Å². The largest absolute Gasteiger partial charge is 0.325 e. The average molecular weight is 338 g/mol. The molecule has 3 amide bonds. The Hall–Kier alpha value is -2.76. The lowest BCUT2D eigenvalue weighted by Gasteiger charge is -2.16. The van der Waals surface area contributed by atoms with E-state index in [1.807, 2.05) is 12.2 Å². The molecule has 3 aliphatic rings. The van der Waals surface area contributed by atoms with Crippen molar-refractivity contribution >= 4 is 29.2 Å². The number of hydrogen-bond donors (Lipinski definition) is 1. The Labute approximate surface area is 144 Å². The van der Waals surface area contributed by atoms with Crippen LogP contribution in [-0.4, -0.2) is 34.9 Å². The summed E-state index contributed by atoms with van der Waals surface area (Å²) in [6.45, 7) is 1.20. The van der Waals surface area contributed by atoms with Gasteiger partial charge in [0.1, 0.15) is 6.54 Å². The maximum absolute atomic E-state index is 12.5. The molecule has 0 radical (unpaired) electrons. The number of carbonyl (C=O) groups is 4. The number of imide groups is 1. The molecule has 2 bridgehead atoms. The molecule has 0 aromatic heterocycles. The first kappa shape index (κ1) is 15.7. The van der Waals surface area contributed by atoms with Crippen molar-refractivity contribution in [1.29, 1.82) is 0 Å². The number of likely N-dealkylation sites (tertiary alicyclic amines) is 1. The third kappa shape index (κ3) is 2.49. The molecule has 6 nitrogen and oxygen atoms in total. The van der Waals surface area contributed by atoms with Gasteiger partial charge in [0, 0.05) is 11.3 Å². The van der Waals surface area contributed by atoms with Crippen LogP contribution in [-0.2, 0) is 14.4 Å². The number of amides is 3. The third-order valence-corrected chi connectivity index (χ3v) is 5.44. The first-order valence-corrected chi connectivity index (χ1v) is 8.40. The van der Waals surface area contributed by atoms with E-state index in [0.29, 0.717) is 11.3 Å². The van der Waals surface area contributed by atoms with Crippen LogP contribution in [0.2, 0.25) is 0 Å². The topological polar surface area (TPSA) is 83.6 Å². The highest BCUT2D eigenvalue weighted by molar-refractivity contribution is 6.09. The zero-order valence-corrected chi connectivity index (χ0v) is 13.8. The molecule has 128 valence electrons. The summed E-state index contributed by atoms with van der Waals surface area (Å²) in [6.07, 6.45) is 4.92. The number of ketones is 1. The SMILES string of the molecule is CC(=O)c1ccc(NC(=O)CN2C(=O)C3C4C=CC(C4)C3C2=O)cc1. The van der Waals surface area contributed by atoms with E-state index >= 15 is 0 Å². The van der Waals surface area contributed by atoms with Crippen molar-refractivity contribution in [3.63, 3.8) is 0 Å². The quantitative estimate of drug-likeness (QED) is 0.514. The molecule has 1 aromatic rings. The number of nitrogens with one attached hydrogen (secondary N) is 1. The van der Waals surface area contributed by atoms with Gasteiger partial charge in [-0.05, 0) is 49.4 Å². The van der Waals surface area contributed by atoms with Gasteiger partial charge in [-0.3, -0.25) is 24.1 Å². The molecule has 1 saturated carbocycles. The van der Waals surface area contributed by atoms with Crippen LogP contribution in [0.4, 0.5) is 5.69 Å². The maximum Gasteiger partial charge on any atom is 0.244 e. The molecule has 2 aliphatic carbocycles. The normalized spacial score (nSPS) is 29.2. The van der Waals surface area contributed by atoms with Gasteiger partial charge < -0.3 is 5.32 Å². The number of anilines is 1. The number of carbonyl (C=O) groups excluding carboxylic acids is 4. The molecule has 25 heavy (non-hydrogen) atoms. The van der Waals surface area contributed by atoms with Crippen LogP contribution in [0.25, 0.3) is 0 Å². The van der Waals surface area contributed by atoms with Crippen molar-refractivity contribution in [1.82, 2.24) is 4.90 Å². The van der Waals surface area contributed by atoms with E-state index in [9.17, 15) is 19.2 Å². The molecule has 4 rings (SSSR count). The van der Waals surface area contributed by atoms with E-state index in [1.165, 1.54) is 6.92 Å². The average Bonchev–Trinajstić information content (AvgIpc) is 3.25. The Balaban J connectivity index is 1.42. The third-order valence-electron chi connectivity index (χ3n) is 5.44. The fourth-order valence-electron chi connectivity index (χ4n) is 4.25. The number of allylic oxidation sites excluding steroid dienone is 2. The molecule has 1 heterocycles. The highest BCUT2D eigenvalue weighted by Gasteiger charge is 2.59. The number of rotatable bonds is 4.